The van der Waals surface area contributed by atoms with Crippen molar-refractivity contribution in [3.63, 3.8) is 0 Å². The Kier molecular flexibility index (Phi) is 3.23. The maximum absolute atomic E-state index is 13.8. The van der Waals surface area contributed by atoms with E-state index in [1.807, 2.05) is 0 Å². The number of benzene rings is 1. The first kappa shape index (κ1) is 12.5. The Labute approximate surface area is 101 Å². The predicted molar refractivity (Wildman–Crippen MR) is 65.0 cm³/mol. The lowest BCUT2D eigenvalue weighted by atomic mass is 9.78. The van der Waals surface area contributed by atoms with Gasteiger partial charge in [0.2, 0.25) is 0 Å². The summed E-state index contributed by atoms with van der Waals surface area (Å²) in [5.74, 6) is -0.226. The molecule has 1 heterocycles. The monoisotopic (exact) mass is 257 g/mol. The highest BCUT2D eigenvalue weighted by Gasteiger charge is 2.40. The minimum absolute atomic E-state index is 0.0442. The molecule has 1 aromatic rings. The van der Waals surface area contributed by atoms with Crippen LogP contribution in [0.1, 0.15) is 18.4 Å². The summed E-state index contributed by atoms with van der Waals surface area (Å²) in [6.07, 6.45) is 1.18. The molecule has 1 aliphatic rings. The van der Waals surface area contributed by atoms with E-state index in [9.17, 15) is 12.8 Å². The summed E-state index contributed by atoms with van der Waals surface area (Å²) in [5.41, 5.74) is 5.42. The molecule has 1 aromatic carbocycles. The molecule has 1 saturated heterocycles. The van der Waals surface area contributed by atoms with Gasteiger partial charge < -0.3 is 5.73 Å². The van der Waals surface area contributed by atoms with Gasteiger partial charge in [0.1, 0.15) is 5.82 Å². The van der Waals surface area contributed by atoms with Gasteiger partial charge in [-0.2, -0.15) is 0 Å². The van der Waals surface area contributed by atoms with Gasteiger partial charge in [0, 0.05) is 12.0 Å². The fourth-order valence-electron chi connectivity index (χ4n) is 2.57. The van der Waals surface area contributed by atoms with Crippen molar-refractivity contribution in [3.05, 3.63) is 35.6 Å². The van der Waals surface area contributed by atoms with Crippen molar-refractivity contribution in [3.8, 4) is 0 Å². The summed E-state index contributed by atoms with van der Waals surface area (Å²) in [6.45, 7) is 0.160. The Bertz CT molecular complexity index is 515. The van der Waals surface area contributed by atoms with E-state index in [1.165, 1.54) is 6.07 Å². The van der Waals surface area contributed by atoms with Gasteiger partial charge in [-0.15, -0.1) is 0 Å². The summed E-state index contributed by atoms with van der Waals surface area (Å²) in [4.78, 5) is 0. The Morgan fingerprint density at radius 1 is 1.35 bits per heavy atom. The van der Waals surface area contributed by atoms with Crippen molar-refractivity contribution < 1.29 is 12.8 Å². The first-order valence-electron chi connectivity index (χ1n) is 5.65. The van der Waals surface area contributed by atoms with Crippen LogP contribution in [-0.2, 0) is 15.3 Å². The van der Waals surface area contributed by atoms with Gasteiger partial charge in [-0.1, -0.05) is 18.2 Å². The van der Waals surface area contributed by atoms with E-state index in [4.69, 9.17) is 5.73 Å². The summed E-state index contributed by atoms with van der Waals surface area (Å²) in [5, 5.41) is 0. The Hall–Kier alpha value is -0.940. The molecule has 1 atom stereocenters. The molecule has 0 spiro atoms. The van der Waals surface area contributed by atoms with E-state index in [1.54, 1.807) is 18.2 Å². The lowest BCUT2D eigenvalue weighted by Crippen LogP contribution is -2.46. The third kappa shape index (κ3) is 2.35. The molecule has 94 valence electrons. The molecular formula is C12H16FNO2S. The largest absolute Gasteiger partial charge is 0.330 e. The molecule has 0 aliphatic carbocycles. The molecule has 0 aromatic heterocycles. The summed E-state index contributed by atoms with van der Waals surface area (Å²) < 4.78 is 37.3. The van der Waals surface area contributed by atoms with Gasteiger partial charge >= 0.3 is 0 Å². The number of sulfone groups is 1. The first-order valence-corrected chi connectivity index (χ1v) is 7.47. The summed E-state index contributed by atoms with van der Waals surface area (Å²) in [7, 11) is -3.11. The second-order valence-corrected chi connectivity index (χ2v) is 6.84. The molecule has 5 heteroatoms. The number of hydrogen-bond donors (Lipinski definition) is 1. The summed E-state index contributed by atoms with van der Waals surface area (Å²) in [6, 6.07) is 6.31. The van der Waals surface area contributed by atoms with Crippen LogP contribution in [-0.4, -0.2) is 26.5 Å². The van der Waals surface area contributed by atoms with Crippen molar-refractivity contribution in [2.24, 2.45) is 5.73 Å². The van der Waals surface area contributed by atoms with Gasteiger partial charge in [0.25, 0.3) is 0 Å². The Morgan fingerprint density at radius 2 is 2.06 bits per heavy atom. The predicted octanol–water partition coefficient (Wildman–Crippen LogP) is 1.23. The van der Waals surface area contributed by atoms with E-state index in [0.717, 1.165) is 0 Å². The zero-order valence-corrected chi connectivity index (χ0v) is 10.3. The molecule has 2 N–H and O–H groups in total. The zero-order valence-electron chi connectivity index (χ0n) is 9.52. The fourth-order valence-corrected chi connectivity index (χ4v) is 4.56. The average molecular weight is 257 g/mol. The van der Waals surface area contributed by atoms with Gasteiger partial charge in [-0.25, -0.2) is 12.8 Å². The van der Waals surface area contributed by atoms with Gasteiger partial charge in [0.05, 0.1) is 11.5 Å². The number of hydrogen-bond acceptors (Lipinski definition) is 3. The maximum Gasteiger partial charge on any atom is 0.151 e. The van der Waals surface area contributed by atoms with Crippen LogP contribution >= 0.6 is 0 Å². The third-order valence-corrected chi connectivity index (χ3v) is 5.35. The molecule has 0 radical (unpaired) electrons. The van der Waals surface area contributed by atoms with E-state index in [0.29, 0.717) is 18.4 Å². The standard InChI is InChI=1S/C12H16FNO2S/c13-11-5-2-1-4-10(11)12(8-14)6-3-7-17(15,16)9-12/h1-2,4-5H,3,6-9,14H2. The Balaban J connectivity index is 2.48. The van der Waals surface area contributed by atoms with Crippen LogP contribution in [0.25, 0.3) is 0 Å². The zero-order chi connectivity index (χ0) is 12.5. The van der Waals surface area contributed by atoms with Crippen LogP contribution in [0.15, 0.2) is 24.3 Å². The fraction of sp³-hybridized carbons (Fsp3) is 0.500. The lowest BCUT2D eigenvalue weighted by molar-refractivity contribution is 0.400. The van der Waals surface area contributed by atoms with Crippen LogP contribution in [0, 0.1) is 5.82 Å². The van der Waals surface area contributed by atoms with Gasteiger partial charge in [-0.3, -0.25) is 0 Å². The molecule has 0 bridgehead atoms. The Morgan fingerprint density at radius 3 is 2.65 bits per heavy atom. The number of rotatable bonds is 2. The molecule has 1 aliphatic heterocycles. The van der Waals surface area contributed by atoms with Gasteiger partial charge in [-0.05, 0) is 24.5 Å². The minimum Gasteiger partial charge on any atom is -0.330 e. The topological polar surface area (TPSA) is 60.2 Å². The third-order valence-electron chi connectivity index (χ3n) is 3.44. The lowest BCUT2D eigenvalue weighted by Gasteiger charge is -2.36. The second kappa shape index (κ2) is 4.38. The maximum atomic E-state index is 13.8. The van der Waals surface area contributed by atoms with Crippen LogP contribution in [0.2, 0.25) is 0 Å². The molecule has 17 heavy (non-hydrogen) atoms. The number of halogens is 1. The van der Waals surface area contributed by atoms with Crippen LogP contribution in [0.5, 0.6) is 0 Å². The second-order valence-electron chi connectivity index (χ2n) is 4.66. The van der Waals surface area contributed by atoms with Crippen molar-refractivity contribution in [2.75, 3.05) is 18.1 Å². The SMILES string of the molecule is NCC1(c2ccccc2F)CCCS(=O)(=O)C1. The molecular weight excluding hydrogens is 241 g/mol. The van der Waals surface area contributed by atoms with E-state index in [2.05, 4.69) is 0 Å². The quantitative estimate of drug-likeness (QED) is 0.867. The van der Waals surface area contributed by atoms with Crippen molar-refractivity contribution in [1.82, 2.24) is 0 Å². The first-order chi connectivity index (χ1) is 7.99. The van der Waals surface area contributed by atoms with Crippen molar-refractivity contribution >= 4 is 9.84 Å². The molecule has 0 amide bonds. The van der Waals surface area contributed by atoms with Crippen molar-refractivity contribution in [1.29, 1.82) is 0 Å². The summed E-state index contributed by atoms with van der Waals surface area (Å²) >= 11 is 0. The molecule has 3 nitrogen and oxygen atoms in total. The molecule has 0 saturated carbocycles. The van der Waals surface area contributed by atoms with E-state index < -0.39 is 15.3 Å². The van der Waals surface area contributed by atoms with E-state index in [-0.39, 0.29) is 23.9 Å². The number of nitrogens with two attached hydrogens (primary N) is 1. The van der Waals surface area contributed by atoms with Crippen LogP contribution in [0.4, 0.5) is 4.39 Å². The highest BCUT2D eigenvalue weighted by molar-refractivity contribution is 7.91. The normalized spacial score (nSPS) is 27.9. The molecule has 1 fully saturated rings. The van der Waals surface area contributed by atoms with Crippen molar-refractivity contribution in [2.45, 2.75) is 18.3 Å². The van der Waals surface area contributed by atoms with Crippen LogP contribution < -0.4 is 5.73 Å². The van der Waals surface area contributed by atoms with Gasteiger partial charge in [0.15, 0.2) is 9.84 Å². The minimum atomic E-state index is -3.11. The average Bonchev–Trinajstić information content (AvgIpc) is 2.28. The highest BCUT2D eigenvalue weighted by atomic mass is 32.2. The highest BCUT2D eigenvalue weighted by Crippen LogP contribution is 2.35. The molecule has 1 unspecified atom stereocenters. The van der Waals surface area contributed by atoms with Crippen LogP contribution in [0.3, 0.4) is 0 Å². The molecule has 2 rings (SSSR count). The van der Waals surface area contributed by atoms with E-state index >= 15 is 0 Å². The smallest absolute Gasteiger partial charge is 0.151 e.